The molecule has 2 aromatic carbocycles. The van der Waals surface area contributed by atoms with Gasteiger partial charge in [-0.2, -0.15) is 0 Å². The zero-order valence-corrected chi connectivity index (χ0v) is 12.6. The maximum atomic E-state index is 10.2. The second kappa shape index (κ2) is 7.70. The third-order valence-corrected chi connectivity index (χ3v) is 3.37. The lowest BCUT2D eigenvalue weighted by Gasteiger charge is -2.13. The molecule has 0 saturated carbocycles. The largest absolute Gasteiger partial charge is 0.497 e. The second-order valence-corrected chi connectivity index (χ2v) is 4.99. The van der Waals surface area contributed by atoms with Crippen molar-refractivity contribution in [1.82, 2.24) is 0 Å². The number of benzene rings is 2. The number of aliphatic hydroxyl groups is 1. The van der Waals surface area contributed by atoms with Crippen molar-refractivity contribution in [3.05, 3.63) is 59.7 Å². The van der Waals surface area contributed by atoms with Gasteiger partial charge in [0.05, 0.1) is 7.11 Å². The normalized spacial score (nSPS) is 12.0. The molecule has 0 aliphatic heterocycles. The molecule has 0 fully saturated rings. The van der Waals surface area contributed by atoms with Crippen LogP contribution >= 0.6 is 0 Å². The molecule has 1 unspecified atom stereocenters. The quantitative estimate of drug-likeness (QED) is 0.842. The molecular formula is C18H22O3. The highest BCUT2D eigenvalue weighted by Crippen LogP contribution is 2.20. The monoisotopic (exact) mass is 286 g/mol. The standard InChI is InChI=1S/C18H22O3/c1-3-4-14-5-7-15(8-6-14)18(19)13-21-17-11-9-16(20-2)10-12-17/h5-12,18-19H,3-4,13H2,1-2H3. The van der Waals surface area contributed by atoms with E-state index >= 15 is 0 Å². The molecule has 0 aliphatic carbocycles. The summed E-state index contributed by atoms with van der Waals surface area (Å²) in [4.78, 5) is 0. The maximum Gasteiger partial charge on any atom is 0.119 e. The summed E-state index contributed by atoms with van der Waals surface area (Å²) in [5.74, 6) is 1.51. The Kier molecular flexibility index (Phi) is 5.64. The zero-order valence-electron chi connectivity index (χ0n) is 12.6. The van der Waals surface area contributed by atoms with Crippen molar-refractivity contribution in [2.75, 3.05) is 13.7 Å². The Morgan fingerprint density at radius 3 is 2.14 bits per heavy atom. The van der Waals surface area contributed by atoms with Gasteiger partial charge in [-0.25, -0.2) is 0 Å². The predicted molar refractivity (Wildman–Crippen MR) is 83.9 cm³/mol. The summed E-state index contributed by atoms with van der Waals surface area (Å²) in [6.45, 7) is 2.39. The van der Waals surface area contributed by atoms with Crippen molar-refractivity contribution in [2.24, 2.45) is 0 Å². The number of methoxy groups -OCH3 is 1. The van der Waals surface area contributed by atoms with Crippen molar-refractivity contribution in [2.45, 2.75) is 25.9 Å². The Bertz CT molecular complexity index is 531. The van der Waals surface area contributed by atoms with Crippen LogP contribution in [-0.4, -0.2) is 18.8 Å². The van der Waals surface area contributed by atoms with Crippen LogP contribution in [0.25, 0.3) is 0 Å². The molecule has 0 aromatic heterocycles. The van der Waals surface area contributed by atoms with E-state index < -0.39 is 6.10 Å². The molecule has 3 nitrogen and oxygen atoms in total. The minimum atomic E-state index is -0.622. The molecule has 1 N–H and O–H groups in total. The van der Waals surface area contributed by atoms with Crippen molar-refractivity contribution >= 4 is 0 Å². The first-order valence-corrected chi connectivity index (χ1v) is 7.26. The summed E-state index contributed by atoms with van der Waals surface area (Å²) in [7, 11) is 1.63. The zero-order chi connectivity index (χ0) is 15.1. The SMILES string of the molecule is CCCc1ccc(C(O)COc2ccc(OC)cc2)cc1. The van der Waals surface area contributed by atoms with Gasteiger partial charge in [0.2, 0.25) is 0 Å². The maximum absolute atomic E-state index is 10.2. The molecule has 112 valence electrons. The number of aliphatic hydroxyl groups excluding tert-OH is 1. The molecule has 0 aliphatic rings. The Hall–Kier alpha value is -2.00. The van der Waals surface area contributed by atoms with Crippen LogP contribution in [0.3, 0.4) is 0 Å². The van der Waals surface area contributed by atoms with Gasteiger partial charge in [0.1, 0.15) is 24.2 Å². The minimum absolute atomic E-state index is 0.236. The van der Waals surface area contributed by atoms with E-state index in [1.54, 1.807) is 7.11 Å². The molecule has 3 heteroatoms. The van der Waals surface area contributed by atoms with E-state index in [4.69, 9.17) is 9.47 Å². The molecule has 1 atom stereocenters. The third kappa shape index (κ3) is 4.50. The summed E-state index contributed by atoms with van der Waals surface area (Å²) < 4.78 is 10.7. The fourth-order valence-corrected chi connectivity index (χ4v) is 2.14. The Morgan fingerprint density at radius 2 is 1.57 bits per heavy atom. The summed E-state index contributed by atoms with van der Waals surface area (Å²) >= 11 is 0. The molecule has 2 rings (SSSR count). The molecule has 0 spiro atoms. The highest BCUT2D eigenvalue weighted by atomic mass is 16.5. The number of hydrogen-bond acceptors (Lipinski definition) is 3. The number of ether oxygens (including phenoxy) is 2. The van der Waals surface area contributed by atoms with Crippen LogP contribution in [0.15, 0.2) is 48.5 Å². The van der Waals surface area contributed by atoms with Crippen molar-refractivity contribution in [1.29, 1.82) is 0 Å². The van der Waals surface area contributed by atoms with E-state index in [9.17, 15) is 5.11 Å². The van der Waals surface area contributed by atoms with E-state index in [0.717, 1.165) is 29.9 Å². The van der Waals surface area contributed by atoms with Crippen LogP contribution in [0, 0.1) is 0 Å². The average molecular weight is 286 g/mol. The molecule has 0 amide bonds. The number of hydrogen-bond donors (Lipinski definition) is 1. The van der Waals surface area contributed by atoms with Crippen LogP contribution < -0.4 is 9.47 Å². The van der Waals surface area contributed by atoms with E-state index in [0.29, 0.717) is 0 Å². The lowest BCUT2D eigenvalue weighted by Crippen LogP contribution is -2.09. The summed E-state index contributed by atoms with van der Waals surface area (Å²) in [6, 6.07) is 15.4. The third-order valence-electron chi connectivity index (χ3n) is 3.37. The fraction of sp³-hybridized carbons (Fsp3) is 0.333. The van der Waals surface area contributed by atoms with Gasteiger partial charge in [-0.15, -0.1) is 0 Å². The molecule has 0 saturated heterocycles. The summed E-state index contributed by atoms with van der Waals surface area (Å²) in [6.07, 6.45) is 1.57. The lowest BCUT2D eigenvalue weighted by molar-refractivity contribution is 0.108. The van der Waals surface area contributed by atoms with Crippen LogP contribution in [0.5, 0.6) is 11.5 Å². The highest BCUT2D eigenvalue weighted by molar-refractivity contribution is 5.31. The summed E-state index contributed by atoms with van der Waals surface area (Å²) in [5, 5.41) is 10.2. The minimum Gasteiger partial charge on any atom is -0.497 e. The smallest absolute Gasteiger partial charge is 0.119 e. The average Bonchev–Trinajstić information content (AvgIpc) is 2.54. The van der Waals surface area contributed by atoms with Crippen LogP contribution in [0.2, 0.25) is 0 Å². The van der Waals surface area contributed by atoms with Gasteiger partial charge in [0, 0.05) is 0 Å². The molecule has 21 heavy (non-hydrogen) atoms. The van der Waals surface area contributed by atoms with Crippen molar-refractivity contribution in [3.63, 3.8) is 0 Å². The van der Waals surface area contributed by atoms with Gasteiger partial charge in [-0.05, 0) is 41.8 Å². The molecule has 0 bridgehead atoms. The van der Waals surface area contributed by atoms with Gasteiger partial charge >= 0.3 is 0 Å². The van der Waals surface area contributed by atoms with E-state index in [-0.39, 0.29) is 6.61 Å². The van der Waals surface area contributed by atoms with Gasteiger partial charge < -0.3 is 14.6 Å². The lowest BCUT2D eigenvalue weighted by atomic mass is 10.0. The molecular weight excluding hydrogens is 264 g/mol. The van der Waals surface area contributed by atoms with E-state index in [2.05, 4.69) is 19.1 Å². The predicted octanol–water partition coefficient (Wildman–Crippen LogP) is 3.76. The topological polar surface area (TPSA) is 38.7 Å². The number of aryl methyl sites for hydroxylation is 1. The van der Waals surface area contributed by atoms with Crippen LogP contribution in [-0.2, 0) is 6.42 Å². The Balaban J connectivity index is 1.89. The second-order valence-electron chi connectivity index (χ2n) is 4.99. The first-order chi connectivity index (χ1) is 10.2. The fourth-order valence-electron chi connectivity index (χ4n) is 2.14. The molecule has 0 heterocycles. The van der Waals surface area contributed by atoms with Gasteiger partial charge in [0.15, 0.2) is 0 Å². The first kappa shape index (κ1) is 15.4. The van der Waals surface area contributed by atoms with Gasteiger partial charge in [-0.1, -0.05) is 37.6 Å². The van der Waals surface area contributed by atoms with Gasteiger partial charge in [-0.3, -0.25) is 0 Å². The van der Waals surface area contributed by atoms with Crippen LogP contribution in [0.4, 0.5) is 0 Å². The van der Waals surface area contributed by atoms with Crippen molar-refractivity contribution in [3.8, 4) is 11.5 Å². The first-order valence-electron chi connectivity index (χ1n) is 7.26. The highest BCUT2D eigenvalue weighted by Gasteiger charge is 2.08. The van der Waals surface area contributed by atoms with Gasteiger partial charge in [0.25, 0.3) is 0 Å². The van der Waals surface area contributed by atoms with Crippen molar-refractivity contribution < 1.29 is 14.6 Å². The Labute approximate surface area is 126 Å². The Morgan fingerprint density at radius 1 is 0.952 bits per heavy atom. The number of rotatable bonds is 7. The molecule has 2 aromatic rings. The summed E-state index contributed by atoms with van der Waals surface area (Å²) in [5.41, 5.74) is 2.17. The van der Waals surface area contributed by atoms with Crippen LogP contribution in [0.1, 0.15) is 30.6 Å². The van der Waals surface area contributed by atoms with E-state index in [1.165, 1.54) is 5.56 Å². The van der Waals surface area contributed by atoms with E-state index in [1.807, 2.05) is 36.4 Å². The molecule has 0 radical (unpaired) electrons.